The van der Waals surface area contributed by atoms with Crippen molar-refractivity contribution in [2.24, 2.45) is 0 Å². The smallest absolute Gasteiger partial charge is 0.250 e. The highest BCUT2D eigenvalue weighted by atomic mass is 35.5. The molecule has 0 saturated carbocycles. The van der Waals surface area contributed by atoms with E-state index < -0.39 is 10.0 Å². The van der Waals surface area contributed by atoms with Crippen LogP contribution in [0.25, 0.3) is 0 Å². The first-order valence-corrected chi connectivity index (χ1v) is 6.62. The molecule has 0 aromatic carbocycles. The zero-order valence-electron chi connectivity index (χ0n) is 8.61. The molecule has 0 aliphatic carbocycles. The molecule has 7 heteroatoms. The normalized spacial score (nSPS) is 11.1. The molecule has 0 aliphatic rings. The fraction of sp³-hybridized carbons (Fsp3) is 0.500. The summed E-state index contributed by atoms with van der Waals surface area (Å²) >= 11 is 1.24. The van der Waals surface area contributed by atoms with Gasteiger partial charge in [0.05, 0.1) is 0 Å². The SMILES string of the molecule is CNCCNS(=O)(=O)c1sccc1C.Cl. The third-order valence-corrected chi connectivity index (χ3v) is 4.88. The van der Waals surface area contributed by atoms with Crippen LogP contribution in [-0.2, 0) is 10.0 Å². The van der Waals surface area contributed by atoms with Crippen LogP contribution in [0.2, 0.25) is 0 Å². The van der Waals surface area contributed by atoms with Gasteiger partial charge in [0.2, 0.25) is 10.0 Å². The molecule has 15 heavy (non-hydrogen) atoms. The van der Waals surface area contributed by atoms with Crippen LogP contribution in [0.5, 0.6) is 0 Å². The number of hydrogen-bond donors (Lipinski definition) is 2. The Morgan fingerprint density at radius 3 is 2.53 bits per heavy atom. The number of sulfonamides is 1. The van der Waals surface area contributed by atoms with Crippen LogP contribution in [0.15, 0.2) is 15.7 Å². The fourth-order valence-corrected chi connectivity index (χ4v) is 3.50. The summed E-state index contributed by atoms with van der Waals surface area (Å²) in [4.78, 5) is 0. The van der Waals surface area contributed by atoms with Crippen LogP contribution in [0, 0.1) is 6.92 Å². The Morgan fingerprint density at radius 2 is 2.07 bits per heavy atom. The average molecular weight is 271 g/mol. The van der Waals surface area contributed by atoms with Crippen LogP contribution in [0.4, 0.5) is 0 Å². The molecule has 0 spiro atoms. The van der Waals surface area contributed by atoms with Crippen LogP contribution in [-0.4, -0.2) is 28.6 Å². The van der Waals surface area contributed by atoms with E-state index in [-0.39, 0.29) is 12.4 Å². The Hall–Kier alpha value is -0.140. The van der Waals surface area contributed by atoms with Crippen molar-refractivity contribution in [2.45, 2.75) is 11.1 Å². The molecule has 0 atom stereocenters. The predicted octanol–water partition coefficient (Wildman–Crippen LogP) is 0.976. The second-order valence-electron chi connectivity index (χ2n) is 2.89. The Labute approximate surface area is 101 Å². The molecular weight excluding hydrogens is 256 g/mol. The maximum absolute atomic E-state index is 11.7. The molecule has 1 aromatic rings. The first-order chi connectivity index (χ1) is 6.58. The summed E-state index contributed by atoms with van der Waals surface area (Å²) in [5, 5.41) is 4.66. The summed E-state index contributed by atoms with van der Waals surface area (Å²) in [6.45, 7) is 2.84. The van der Waals surface area contributed by atoms with Crippen molar-refractivity contribution in [3.63, 3.8) is 0 Å². The first-order valence-electron chi connectivity index (χ1n) is 4.26. The maximum atomic E-state index is 11.7. The van der Waals surface area contributed by atoms with E-state index in [0.717, 1.165) is 5.56 Å². The quantitative estimate of drug-likeness (QED) is 0.784. The minimum absolute atomic E-state index is 0. The van der Waals surface area contributed by atoms with E-state index in [1.165, 1.54) is 11.3 Å². The van der Waals surface area contributed by atoms with Crippen LogP contribution >= 0.6 is 23.7 Å². The Bertz CT molecular complexity index is 389. The largest absolute Gasteiger partial charge is 0.318 e. The lowest BCUT2D eigenvalue weighted by Gasteiger charge is -2.04. The highest BCUT2D eigenvalue weighted by Crippen LogP contribution is 2.20. The first kappa shape index (κ1) is 14.9. The number of halogens is 1. The molecule has 0 bridgehead atoms. The molecule has 0 aliphatic heterocycles. The fourth-order valence-electron chi connectivity index (χ4n) is 1.01. The standard InChI is InChI=1S/C8H14N2O2S2.ClH/c1-7-3-6-13-8(7)14(11,12)10-5-4-9-2;/h3,6,9-10H,4-5H2,1-2H3;1H. The molecular formula is C8H15ClN2O2S2. The van der Waals surface area contributed by atoms with Crippen molar-refractivity contribution in [2.75, 3.05) is 20.1 Å². The lowest BCUT2D eigenvalue weighted by atomic mass is 10.4. The van der Waals surface area contributed by atoms with Gasteiger partial charge in [-0.1, -0.05) is 0 Å². The minimum atomic E-state index is -3.29. The monoisotopic (exact) mass is 270 g/mol. The molecule has 1 rings (SSSR count). The third kappa shape index (κ3) is 4.08. The molecule has 0 fully saturated rings. The van der Waals surface area contributed by atoms with Gasteiger partial charge in [-0.25, -0.2) is 13.1 Å². The maximum Gasteiger partial charge on any atom is 0.250 e. The van der Waals surface area contributed by atoms with Gasteiger partial charge in [0.25, 0.3) is 0 Å². The van der Waals surface area contributed by atoms with Gasteiger partial charge in [0, 0.05) is 13.1 Å². The summed E-state index contributed by atoms with van der Waals surface area (Å²) in [5.74, 6) is 0. The second kappa shape index (κ2) is 6.44. The van der Waals surface area contributed by atoms with Gasteiger partial charge in [-0.15, -0.1) is 23.7 Å². The summed E-state index contributed by atoms with van der Waals surface area (Å²) < 4.78 is 26.3. The summed E-state index contributed by atoms with van der Waals surface area (Å²) in [6, 6.07) is 1.80. The zero-order valence-corrected chi connectivity index (χ0v) is 11.1. The van der Waals surface area contributed by atoms with Gasteiger partial charge in [-0.05, 0) is 31.0 Å². The topological polar surface area (TPSA) is 58.2 Å². The number of thiophene rings is 1. The Kier molecular flexibility index (Phi) is 6.38. The van der Waals surface area contributed by atoms with E-state index in [1.54, 1.807) is 25.4 Å². The highest BCUT2D eigenvalue weighted by Gasteiger charge is 2.16. The minimum Gasteiger partial charge on any atom is -0.318 e. The van der Waals surface area contributed by atoms with E-state index in [0.29, 0.717) is 17.3 Å². The van der Waals surface area contributed by atoms with Gasteiger partial charge in [0.1, 0.15) is 4.21 Å². The van der Waals surface area contributed by atoms with Crippen molar-refractivity contribution in [3.8, 4) is 0 Å². The van der Waals surface area contributed by atoms with Gasteiger partial charge in [-0.3, -0.25) is 0 Å². The predicted molar refractivity (Wildman–Crippen MR) is 65.4 cm³/mol. The highest BCUT2D eigenvalue weighted by molar-refractivity contribution is 7.91. The number of rotatable bonds is 5. The molecule has 2 N–H and O–H groups in total. The zero-order chi connectivity index (χ0) is 10.6. The van der Waals surface area contributed by atoms with Crippen molar-refractivity contribution < 1.29 is 8.42 Å². The Balaban J connectivity index is 0.00000196. The van der Waals surface area contributed by atoms with Gasteiger partial charge in [0.15, 0.2) is 0 Å². The second-order valence-corrected chi connectivity index (χ2v) is 5.77. The van der Waals surface area contributed by atoms with Crippen molar-refractivity contribution in [1.82, 2.24) is 10.0 Å². The average Bonchev–Trinajstić information content (AvgIpc) is 2.52. The van der Waals surface area contributed by atoms with E-state index >= 15 is 0 Å². The molecule has 0 saturated heterocycles. The van der Waals surface area contributed by atoms with Crippen LogP contribution < -0.4 is 10.0 Å². The van der Waals surface area contributed by atoms with E-state index in [4.69, 9.17) is 0 Å². The van der Waals surface area contributed by atoms with Crippen molar-refractivity contribution in [1.29, 1.82) is 0 Å². The number of likely N-dealkylation sites (N-methyl/N-ethyl adjacent to an activating group) is 1. The van der Waals surface area contributed by atoms with Gasteiger partial charge < -0.3 is 5.32 Å². The van der Waals surface area contributed by atoms with E-state index in [2.05, 4.69) is 10.0 Å². The summed E-state index contributed by atoms with van der Waals surface area (Å²) in [6.07, 6.45) is 0. The number of nitrogens with one attached hydrogen (secondary N) is 2. The molecule has 0 unspecified atom stereocenters. The van der Waals surface area contributed by atoms with E-state index in [9.17, 15) is 8.42 Å². The van der Waals surface area contributed by atoms with Crippen molar-refractivity contribution >= 4 is 33.8 Å². The number of hydrogen-bond acceptors (Lipinski definition) is 4. The molecule has 88 valence electrons. The van der Waals surface area contributed by atoms with Crippen molar-refractivity contribution in [3.05, 3.63) is 17.0 Å². The summed E-state index contributed by atoms with van der Waals surface area (Å²) in [5.41, 5.74) is 0.798. The van der Waals surface area contributed by atoms with E-state index in [1.807, 2.05) is 0 Å². The molecule has 0 amide bonds. The van der Waals surface area contributed by atoms with Crippen LogP contribution in [0.1, 0.15) is 5.56 Å². The lowest BCUT2D eigenvalue weighted by Crippen LogP contribution is -2.30. The molecule has 1 aromatic heterocycles. The molecule has 1 heterocycles. The van der Waals surface area contributed by atoms with Crippen LogP contribution in [0.3, 0.4) is 0 Å². The number of aryl methyl sites for hydroxylation is 1. The van der Waals surface area contributed by atoms with Gasteiger partial charge in [-0.2, -0.15) is 0 Å². The lowest BCUT2D eigenvalue weighted by molar-refractivity contribution is 0.581. The molecule has 4 nitrogen and oxygen atoms in total. The Morgan fingerprint density at radius 1 is 1.40 bits per heavy atom. The third-order valence-electron chi connectivity index (χ3n) is 1.73. The summed E-state index contributed by atoms with van der Waals surface area (Å²) in [7, 11) is -1.51. The van der Waals surface area contributed by atoms with Gasteiger partial charge >= 0.3 is 0 Å². The molecule has 0 radical (unpaired) electrons.